The van der Waals surface area contributed by atoms with Gasteiger partial charge in [-0.15, -0.1) is 0 Å². The van der Waals surface area contributed by atoms with Crippen LogP contribution in [-0.2, 0) is 6.54 Å². The molecule has 2 aromatic heterocycles. The first kappa shape index (κ1) is 16.6. The van der Waals surface area contributed by atoms with Crippen LogP contribution in [0.4, 0.5) is 0 Å². The largest absolute Gasteiger partial charge is 0.348 e. The highest BCUT2D eigenvalue weighted by atomic mass is 16.2. The minimum atomic E-state index is 0.0309. The molecule has 3 heterocycles. The first-order valence-electron chi connectivity index (χ1n) is 9.14. The van der Waals surface area contributed by atoms with Gasteiger partial charge in [-0.05, 0) is 25.0 Å². The van der Waals surface area contributed by atoms with E-state index in [1.807, 2.05) is 42.2 Å². The molecule has 5 nitrogen and oxygen atoms in total. The molecule has 0 saturated heterocycles. The Morgan fingerprint density at radius 3 is 2.65 bits per heavy atom. The van der Waals surface area contributed by atoms with E-state index in [2.05, 4.69) is 46.9 Å². The third-order valence-corrected chi connectivity index (χ3v) is 5.25. The quantitative estimate of drug-likeness (QED) is 0.777. The SMILES string of the molecule is Cc1c(-c2ccccc2)n[nH]c1C(=O)N1CCn2cccc2C1C(C)C. The van der Waals surface area contributed by atoms with Crippen molar-refractivity contribution in [3.8, 4) is 11.3 Å². The molecule has 26 heavy (non-hydrogen) atoms. The second-order valence-electron chi connectivity index (χ2n) is 7.25. The number of fused-ring (bicyclic) bond motifs is 1. The lowest BCUT2D eigenvalue weighted by Gasteiger charge is -2.39. The fourth-order valence-electron chi connectivity index (χ4n) is 3.97. The normalized spacial score (nSPS) is 16.8. The zero-order chi connectivity index (χ0) is 18.3. The number of rotatable bonds is 3. The first-order valence-corrected chi connectivity index (χ1v) is 9.14. The summed E-state index contributed by atoms with van der Waals surface area (Å²) in [5.41, 5.74) is 4.57. The van der Waals surface area contributed by atoms with E-state index < -0.39 is 0 Å². The van der Waals surface area contributed by atoms with Gasteiger partial charge in [0.2, 0.25) is 0 Å². The Bertz CT molecular complexity index is 923. The molecule has 0 saturated carbocycles. The van der Waals surface area contributed by atoms with E-state index in [1.165, 1.54) is 5.69 Å². The van der Waals surface area contributed by atoms with Crippen LogP contribution >= 0.6 is 0 Å². The fraction of sp³-hybridized carbons (Fsp3) is 0.333. The van der Waals surface area contributed by atoms with Crippen LogP contribution in [0.1, 0.15) is 41.6 Å². The van der Waals surface area contributed by atoms with E-state index in [1.54, 1.807) is 0 Å². The van der Waals surface area contributed by atoms with E-state index in [0.717, 1.165) is 23.4 Å². The van der Waals surface area contributed by atoms with Gasteiger partial charge < -0.3 is 9.47 Å². The van der Waals surface area contributed by atoms with Crippen molar-refractivity contribution in [2.45, 2.75) is 33.4 Å². The van der Waals surface area contributed by atoms with Crippen LogP contribution in [0, 0.1) is 12.8 Å². The molecule has 0 aliphatic carbocycles. The monoisotopic (exact) mass is 348 g/mol. The number of aromatic nitrogens is 3. The van der Waals surface area contributed by atoms with Crippen LogP contribution in [0.3, 0.4) is 0 Å². The molecule has 1 aliphatic heterocycles. The number of H-pyrrole nitrogens is 1. The maximum absolute atomic E-state index is 13.4. The minimum Gasteiger partial charge on any atom is -0.348 e. The number of hydrogen-bond donors (Lipinski definition) is 1. The molecule has 1 aromatic carbocycles. The molecule has 1 N–H and O–H groups in total. The molecule has 4 rings (SSSR count). The molecular weight excluding hydrogens is 324 g/mol. The average Bonchev–Trinajstić information content (AvgIpc) is 3.27. The number of hydrogen-bond acceptors (Lipinski definition) is 2. The average molecular weight is 348 g/mol. The minimum absolute atomic E-state index is 0.0309. The lowest BCUT2D eigenvalue weighted by molar-refractivity contribution is 0.0549. The van der Waals surface area contributed by atoms with Gasteiger partial charge >= 0.3 is 0 Å². The van der Waals surface area contributed by atoms with Crippen molar-refractivity contribution in [2.24, 2.45) is 5.92 Å². The van der Waals surface area contributed by atoms with Crippen LogP contribution in [0.2, 0.25) is 0 Å². The van der Waals surface area contributed by atoms with Gasteiger partial charge in [-0.1, -0.05) is 44.2 Å². The van der Waals surface area contributed by atoms with Crippen LogP contribution in [0.25, 0.3) is 11.3 Å². The van der Waals surface area contributed by atoms with Gasteiger partial charge in [0, 0.05) is 36.1 Å². The van der Waals surface area contributed by atoms with Crippen LogP contribution in [-0.4, -0.2) is 32.1 Å². The smallest absolute Gasteiger partial charge is 0.272 e. The summed E-state index contributed by atoms with van der Waals surface area (Å²) in [5.74, 6) is 0.369. The first-order chi connectivity index (χ1) is 12.6. The highest BCUT2D eigenvalue weighted by molar-refractivity contribution is 5.95. The van der Waals surface area contributed by atoms with Crippen molar-refractivity contribution < 1.29 is 4.79 Å². The number of aromatic amines is 1. The maximum Gasteiger partial charge on any atom is 0.272 e. The van der Waals surface area contributed by atoms with Gasteiger partial charge in [-0.25, -0.2) is 0 Å². The van der Waals surface area contributed by atoms with Crippen LogP contribution < -0.4 is 0 Å². The number of nitrogens with zero attached hydrogens (tertiary/aromatic N) is 3. The lowest BCUT2D eigenvalue weighted by atomic mass is 9.96. The van der Waals surface area contributed by atoms with E-state index in [9.17, 15) is 4.79 Å². The number of amides is 1. The fourth-order valence-corrected chi connectivity index (χ4v) is 3.97. The Kier molecular flexibility index (Phi) is 4.15. The Morgan fingerprint density at radius 2 is 1.92 bits per heavy atom. The summed E-state index contributed by atoms with van der Waals surface area (Å²) in [4.78, 5) is 15.4. The number of nitrogens with one attached hydrogen (secondary N) is 1. The molecule has 5 heteroatoms. The van der Waals surface area contributed by atoms with E-state index in [4.69, 9.17) is 0 Å². The molecular formula is C21H24N4O. The molecule has 1 amide bonds. The summed E-state index contributed by atoms with van der Waals surface area (Å²) in [6, 6.07) is 14.2. The number of carbonyl (C=O) groups is 1. The summed E-state index contributed by atoms with van der Waals surface area (Å²) in [5, 5.41) is 7.43. The van der Waals surface area contributed by atoms with Gasteiger partial charge in [0.1, 0.15) is 5.69 Å². The summed E-state index contributed by atoms with van der Waals surface area (Å²) in [7, 11) is 0. The van der Waals surface area contributed by atoms with Crippen molar-refractivity contribution in [2.75, 3.05) is 6.54 Å². The van der Waals surface area contributed by atoms with Crippen molar-refractivity contribution in [3.05, 3.63) is 65.6 Å². The third-order valence-electron chi connectivity index (χ3n) is 5.25. The molecule has 0 fully saturated rings. The standard InChI is InChI=1S/C21H24N4O/c1-14(2)20-17-10-7-11-24(17)12-13-25(20)21(26)19-15(3)18(22-23-19)16-8-5-4-6-9-16/h4-11,14,20H,12-13H2,1-3H3,(H,22,23). The molecule has 0 radical (unpaired) electrons. The second-order valence-corrected chi connectivity index (χ2v) is 7.25. The molecule has 1 aliphatic rings. The Morgan fingerprint density at radius 1 is 1.15 bits per heavy atom. The molecule has 0 spiro atoms. The Balaban J connectivity index is 1.69. The summed E-state index contributed by atoms with van der Waals surface area (Å²) in [6.45, 7) is 7.85. The molecule has 1 atom stereocenters. The highest BCUT2D eigenvalue weighted by Crippen LogP contribution is 2.34. The van der Waals surface area contributed by atoms with Gasteiger partial charge in [0.05, 0.1) is 11.7 Å². The van der Waals surface area contributed by atoms with E-state index in [-0.39, 0.29) is 11.9 Å². The van der Waals surface area contributed by atoms with Gasteiger partial charge in [0.15, 0.2) is 0 Å². The van der Waals surface area contributed by atoms with Crippen molar-refractivity contribution in [3.63, 3.8) is 0 Å². The molecule has 0 bridgehead atoms. The second kappa shape index (κ2) is 6.48. The maximum atomic E-state index is 13.4. The van der Waals surface area contributed by atoms with Crippen molar-refractivity contribution >= 4 is 5.91 Å². The zero-order valence-electron chi connectivity index (χ0n) is 15.4. The van der Waals surface area contributed by atoms with Gasteiger partial charge in [-0.3, -0.25) is 9.89 Å². The Hall–Kier alpha value is -2.82. The molecule has 1 unspecified atom stereocenters. The number of benzene rings is 1. The van der Waals surface area contributed by atoms with Crippen LogP contribution in [0.15, 0.2) is 48.7 Å². The number of carbonyl (C=O) groups excluding carboxylic acids is 1. The summed E-state index contributed by atoms with van der Waals surface area (Å²) in [6.07, 6.45) is 2.10. The Labute approximate surface area is 153 Å². The molecule has 134 valence electrons. The topological polar surface area (TPSA) is 53.9 Å². The van der Waals surface area contributed by atoms with Crippen molar-refractivity contribution in [1.29, 1.82) is 0 Å². The lowest BCUT2D eigenvalue weighted by Crippen LogP contribution is -2.44. The zero-order valence-corrected chi connectivity index (χ0v) is 15.4. The third kappa shape index (κ3) is 2.64. The van der Waals surface area contributed by atoms with Gasteiger partial charge in [0.25, 0.3) is 5.91 Å². The van der Waals surface area contributed by atoms with E-state index >= 15 is 0 Å². The van der Waals surface area contributed by atoms with E-state index in [0.29, 0.717) is 18.2 Å². The summed E-state index contributed by atoms with van der Waals surface area (Å²) < 4.78 is 2.25. The predicted octanol–water partition coefficient (Wildman–Crippen LogP) is 4.04. The van der Waals surface area contributed by atoms with Crippen molar-refractivity contribution in [1.82, 2.24) is 19.7 Å². The van der Waals surface area contributed by atoms with Crippen LogP contribution in [0.5, 0.6) is 0 Å². The molecule has 3 aromatic rings. The highest BCUT2D eigenvalue weighted by Gasteiger charge is 2.34. The van der Waals surface area contributed by atoms with Gasteiger partial charge in [-0.2, -0.15) is 5.10 Å². The summed E-state index contributed by atoms with van der Waals surface area (Å²) >= 11 is 0. The predicted molar refractivity (Wildman–Crippen MR) is 102 cm³/mol.